The minimum absolute atomic E-state index is 0.0731. The predicted molar refractivity (Wildman–Crippen MR) is 72.0 cm³/mol. The molecular weight excluding hydrogens is 301 g/mol. The van der Waals surface area contributed by atoms with E-state index in [9.17, 15) is 4.79 Å². The van der Waals surface area contributed by atoms with Crippen molar-refractivity contribution >= 4 is 34.2 Å². The van der Waals surface area contributed by atoms with Crippen molar-refractivity contribution in [3.63, 3.8) is 0 Å². The Kier molecular flexibility index (Phi) is 4.57. The lowest BCUT2D eigenvalue weighted by Gasteiger charge is -2.10. The van der Waals surface area contributed by atoms with Gasteiger partial charge in [-0.2, -0.15) is 0 Å². The van der Waals surface area contributed by atoms with Gasteiger partial charge in [-0.25, -0.2) is 0 Å². The number of benzene rings is 1. The van der Waals surface area contributed by atoms with Crippen LogP contribution in [-0.4, -0.2) is 5.91 Å². The summed E-state index contributed by atoms with van der Waals surface area (Å²) in [5, 5.41) is 2.92. The Hall–Kier alpha value is -0.580. The Morgan fingerprint density at radius 2 is 2.20 bits per heavy atom. The first-order valence-electron chi connectivity index (χ1n) is 5.11. The predicted octanol–water partition coefficient (Wildman–Crippen LogP) is 3.58. The second-order valence-electron chi connectivity index (χ2n) is 3.76. The minimum Gasteiger partial charge on any atom is -0.326 e. The highest BCUT2D eigenvalue weighted by molar-refractivity contribution is 14.1. The highest BCUT2D eigenvalue weighted by Crippen LogP contribution is 2.17. The van der Waals surface area contributed by atoms with E-state index in [-0.39, 0.29) is 11.8 Å². The Morgan fingerprint density at radius 3 is 2.73 bits per heavy atom. The molecule has 15 heavy (non-hydrogen) atoms. The third-order valence-corrected chi connectivity index (χ3v) is 3.66. The van der Waals surface area contributed by atoms with E-state index >= 15 is 0 Å². The highest BCUT2D eigenvalue weighted by Gasteiger charge is 2.10. The van der Waals surface area contributed by atoms with Gasteiger partial charge in [0.15, 0.2) is 0 Å². The molecule has 0 bridgehead atoms. The van der Waals surface area contributed by atoms with Crippen LogP contribution in [0.1, 0.15) is 25.8 Å². The van der Waals surface area contributed by atoms with Crippen molar-refractivity contribution in [3.05, 3.63) is 27.3 Å². The van der Waals surface area contributed by atoms with Gasteiger partial charge in [0.05, 0.1) is 0 Å². The number of carbonyl (C=O) groups excluding carboxylic acids is 1. The van der Waals surface area contributed by atoms with Crippen LogP contribution in [0.4, 0.5) is 5.69 Å². The van der Waals surface area contributed by atoms with Crippen LogP contribution in [-0.2, 0) is 4.79 Å². The minimum atomic E-state index is 0.0731. The number of hydrogen-bond acceptors (Lipinski definition) is 1. The molecule has 1 atom stereocenters. The van der Waals surface area contributed by atoms with Crippen molar-refractivity contribution in [1.29, 1.82) is 0 Å². The zero-order valence-electron chi connectivity index (χ0n) is 9.30. The van der Waals surface area contributed by atoms with Gasteiger partial charge < -0.3 is 5.32 Å². The summed E-state index contributed by atoms with van der Waals surface area (Å²) in [6.07, 6.45) is 0.870. The molecule has 0 aromatic heterocycles. The Morgan fingerprint density at radius 1 is 1.53 bits per heavy atom. The summed E-state index contributed by atoms with van der Waals surface area (Å²) < 4.78 is 1.18. The number of amides is 1. The van der Waals surface area contributed by atoms with Crippen molar-refractivity contribution < 1.29 is 4.79 Å². The van der Waals surface area contributed by atoms with Crippen molar-refractivity contribution in [2.45, 2.75) is 27.2 Å². The molecule has 0 radical (unpaired) electrons. The topological polar surface area (TPSA) is 29.1 Å². The van der Waals surface area contributed by atoms with Gasteiger partial charge in [-0.15, -0.1) is 0 Å². The molecule has 1 N–H and O–H groups in total. The number of aryl methyl sites for hydroxylation is 1. The zero-order valence-corrected chi connectivity index (χ0v) is 11.5. The van der Waals surface area contributed by atoms with Crippen molar-refractivity contribution in [2.75, 3.05) is 5.32 Å². The summed E-state index contributed by atoms with van der Waals surface area (Å²) in [6, 6.07) is 5.96. The fourth-order valence-corrected chi connectivity index (χ4v) is 1.64. The molecule has 0 saturated carbocycles. The second kappa shape index (κ2) is 5.49. The monoisotopic (exact) mass is 317 g/mol. The third kappa shape index (κ3) is 3.48. The van der Waals surface area contributed by atoms with E-state index in [0.29, 0.717) is 0 Å². The summed E-state index contributed by atoms with van der Waals surface area (Å²) in [5.74, 6) is 0.168. The van der Waals surface area contributed by atoms with Crippen LogP contribution < -0.4 is 5.32 Å². The summed E-state index contributed by atoms with van der Waals surface area (Å²) >= 11 is 2.27. The summed E-state index contributed by atoms with van der Waals surface area (Å²) in [4.78, 5) is 11.6. The standard InChI is InChI=1S/C12H16INO/c1-4-8(2)12(15)14-10-6-5-9(3)11(13)7-10/h5-8H,4H2,1-3H3,(H,14,15). The molecule has 0 aliphatic carbocycles. The largest absolute Gasteiger partial charge is 0.326 e. The average Bonchev–Trinajstić information content (AvgIpc) is 2.22. The lowest BCUT2D eigenvalue weighted by Crippen LogP contribution is -2.19. The molecule has 1 aromatic carbocycles. The summed E-state index contributed by atoms with van der Waals surface area (Å²) in [6.45, 7) is 6.01. The molecule has 82 valence electrons. The Bertz CT molecular complexity index is 363. The van der Waals surface area contributed by atoms with Crippen LogP contribution in [0.5, 0.6) is 0 Å². The van der Waals surface area contributed by atoms with Gasteiger partial charge >= 0.3 is 0 Å². The van der Waals surface area contributed by atoms with Gasteiger partial charge in [0.2, 0.25) is 5.91 Å². The highest BCUT2D eigenvalue weighted by atomic mass is 127. The van der Waals surface area contributed by atoms with Crippen LogP contribution in [0.2, 0.25) is 0 Å². The number of anilines is 1. The average molecular weight is 317 g/mol. The first kappa shape index (κ1) is 12.5. The van der Waals surface area contributed by atoms with E-state index in [1.165, 1.54) is 9.13 Å². The molecule has 2 nitrogen and oxygen atoms in total. The van der Waals surface area contributed by atoms with Crippen LogP contribution in [0.15, 0.2) is 18.2 Å². The van der Waals surface area contributed by atoms with Crippen LogP contribution in [0, 0.1) is 16.4 Å². The summed E-state index contributed by atoms with van der Waals surface area (Å²) in [5.41, 5.74) is 2.12. The van der Waals surface area contributed by atoms with E-state index in [2.05, 4.69) is 34.8 Å². The van der Waals surface area contributed by atoms with Crippen molar-refractivity contribution in [1.82, 2.24) is 0 Å². The molecule has 1 rings (SSSR count). The van der Waals surface area contributed by atoms with Crippen LogP contribution in [0.25, 0.3) is 0 Å². The van der Waals surface area contributed by atoms with E-state index in [1.54, 1.807) is 0 Å². The molecule has 0 saturated heterocycles. The number of carbonyl (C=O) groups is 1. The second-order valence-corrected chi connectivity index (χ2v) is 4.92. The van der Waals surface area contributed by atoms with Gasteiger partial charge in [0, 0.05) is 15.2 Å². The van der Waals surface area contributed by atoms with Gasteiger partial charge in [0.1, 0.15) is 0 Å². The molecule has 0 spiro atoms. The first-order valence-corrected chi connectivity index (χ1v) is 6.19. The maximum absolute atomic E-state index is 11.6. The molecule has 3 heteroatoms. The van der Waals surface area contributed by atoms with Gasteiger partial charge in [-0.3, -0.25) is 4.79 Å². The van der Waals surface area contributed by atoms with Crippen LogP contribution in [0.3, 0.4) is 0 Å². The van der Waals surface area contributed by atoms with E-state index in [4.69, 9.17) is 0 Å². The summed E-state index contributed by atoms with van der Waals surface area (Å²) in [7, 11) is 0. The van der Waals surface area contributed by atoms with E-state index in [0.717, 1.165) is 12.1 Å². The van der Waals surface area contributed by atoms with E-state index < -0.39 is 0 Å². The maximum Gasteiger partial charge on any atom is 0.227 e. The Labute approximate surface area is 105 Å². The number of nitrogens with one attached hydrogen (secondary N) is 1. The smallest absolute Gasteiger partial charge is 0.227 e. The molecule has 1 unspecified atom stereocenters. The third-order valence-electron chi connectivity index (χ3n) is 2.50. The fourth-order valence-electron chi connectivity index (χ4n) is 1.12. The van der Waals surface area contributed by atoms with Gasteiger partial charge in [-0.1, -0.05) is 19.9 Å². The first-order chi connectivity index (χ1) is 7.04. The molecule has 0 aliphatic heterocycles. The van der Waals surface area contributed by atoms with Crippen LogP contribution >= 0.6 is 22.6 Å². The van der Waals surface area contributed by atoms with E-state index in [1.807, 2.05) is 32.0 Å². The van der Waals surface area contributed by atoms with Gasteiger partial charge in [0.25, 0.3) is 0 Å². The number of halogens is 1. The molecular formula is C12H16INO. The SMILES string of the molecule is CCC(C)C(=O)Nc1ccc(C)c(I)c1. The number of rotatable bonds is 3. The van der Waals surface area contributed by atoms with Gasteiger partial charge in [-0.05, 0) is 53.6 Å². The molecule has 1 aromatic rings. The molecule has 0 aliphatic rings. The Balaban J connectivity index is 2.73. The zero-order chi connectivity index (χ0) is 11.4. The lowest BCUT2D eigenvalue weighted by atomic mass is 10.1. The fraction of sp³-hybridized carbons (Fsp3) is 0.417. The quantitative estimate of drug-likeness (QED) is 0.848. The molecule has 0 heterocycles. The van der Waals surface area contributed by atoms with Crippen molar-refractivity contribution in [2.24, 2.45) is 5.92 Å². The maximum atomic E-state index is 11.6. The molecule has 0 fully saturated rings. The molecule has 1 amide bonds. The lowest BCUT2D eigenvalue weighted by molar-refractivity contribution is -0.119. The number of hydrogen-bond donors (Lipinski definition) is 1. The normalized spacial score (nSPS) is 12.3. The van der Waals surface area contributed by atoms with Crippen molar-refractivity contribution in [3.8, 4) is 0 Å².